The maximum Gasteiger partial charge on any atom is 0.315 e. The van der Waals surface area contributed by atoms with E-state index in [0.29, 0.717) is 11.0 Å². The maximum absolute atomic E-state index is 12.3. The molecular weight excluding hydrogens is 336 g/mol. The number of carbonyl (C=O) groups excluding carboxylic acids is 2. The number of nitrogens with one attached hydrogen (secondary N) is 2. The molecule has 4 unspecified atom stereocenters. The van der Waals surface area contributed by atoms with Gasteiger partial charge in [-0.25, -0.2) is 4.98 Å². The van der Waals surface area contributed by atoms with Crippen molar-refractivity contribution in [3.63, 3.8) is 0 Å². The van der Waals surface area contributed by atoms with Gasteiger partial charge in [-0.05, 0) is 51.0 Å². The Bertz CT molecular complexity index is 689. The van der Waals surface area contributed by atoms with Crippen LogP contribution in [0.5, 0.6) is 0 Å². The summed E-state index contributed by atoms with van der Waals surface area (Å²) in [6, 6.07) is 0.0618. The van der Waals surface area contributed by atoms with Gasteiger partial charge in [0.15, 0.2) is 5.13 Å². The van der Waals surface area contributed by atoms with Crippen molar-refractivity contribution in [1.82, 2.24) is 15.2 Å². The van der Waals surface area contributed by atoms with Crippen LogP contribution in [0, 0.1) is 17.8 Å². The van der Waals surface area contributed by atoms with E-state index in [-0.39, 0.29) is 6.04 Å². The highest BCUT2D eigenvalue weighted by Gasteiger charge is 2.42. The van der Waals surface area contributed by atoms with E-state index in [1.165, 1.54) is 41.9 Å². The number of hydrogen-bond donors (Lipinski definition) is 2. The molecule has 6 nitrogen and oxygen atoms in total. The quantitative estimate of drug-likeness (QED) is 0.807. The van der Waals surface area contributed by atoms with Crippen molar-refractivity contribution in [2.45, 2.75) is 51.6 Å². The molecule has 0 saturated heterocycles. The number of anilines is 1. The van der Waals surface area contributed by atoms with Crippen LogP contribution in [0.4, 0.5) is 5.13 Å². The summed E-state index contributed by atoms with van der Waals surface area (Å²) in [7, 11) is 2.07. The van der Waals surface area contributed by atoms with Crippen molar-refractivity contribution in [3.05, 3.63) is 10.6 Å². The Morgan fingerprint density at radius 3 is 2.84 bits per heavy atom. The smallest absolute Gasteiger partial charge is 0.315 e. The molecule has 3 aliphatic rings. The van der Waals surface area contributed by atoms with Gasteiger partial charge in [-0.2, -0.15) is 0 Å². The number of amides is 2. The van der Waals surface area contributed by atoms with Gasteiger partial charge in [-0.1, -0.05) is 6.42 Å². The molecular formula is C18H26N4O2S. The molecule has 7 heteroatoms. The fraction of sp³-hybridized carbons (Fsp3) is 0.722. The summed E-state index contributed by atoms with van der Waals surface area (Å²) >= 11 is 1.47. The second-order valence-electron chi connectivity index (χ2n) is 7.93. The predicted octanol–water partition coefficient (Wildman–Crippen LogP) is 2.01. The summed E-state index contributed by atoms with van der Waals surface area (Å²) in [5, 5.41) is 6.13. The molecule has 4 rings (SSSR count). The Morgan fingerprint density at radius 1 is 1.28 bits per heavy atom. The van der Waals surface area contributed by atoms with E-state index >= 15 is 0 Å². The summed E-state index contributed by atoms with van der Waals surface area (Å²) in [5.41, 5.74) is 1.05. The lowest BCUT2D eigenvalue weighted by atomic mass is 9.84. The SMILES string of the molecule is CC(NC(=O)C(=O)Nc1nc2c(s1)CN(C)CC2)C1CC2CCC1C2. The molecule has 4 atom stereocenters. The van der Waals surface area contributed by atoms with E-state index in [0.717, 1.165) is 37.0 Å². The fourth-order valence-electron chi connectivity index (χ4n) is 4.82. The Balaban J connectivity index is 1.32. The van der Waals surface area contributed by atoms with Crippen molar-refractivity contribution in [2.75, 3.05) is 18.9 Å². The first-order chi connectivity index (χ1) is 12.0. The highest BCUT2D eigenvalue weighted by molar-refractivity contribution is 7.16. The molecule has 2 bridgehead atoms. The number of aromatic nitrogens is 1. The van der Waals surface area contributed by atoms with E-state index in [9.17, 15) is 9.59 Å². The molecule has 2 amide bonds. The summed E-state index contributed by atoms with van der Waals surface area (Å²) in [6.07, 6.45) is 6.01. The summed E-state index contributed by atoms with van der Waals surface area (Å²) < 4.78 is 0. The average Bonchev–Trinajstić information content (AvgIpc) is 3.28. The molecule has 2 heterocycles. The Morgan fingerprint density at radius 2 is 2.12 bits per heavy atom. The standard InChI is InChI=1S/C18H26N4O2S/c1-10(13-8-11-3-4-12(13)7-11)19-16(23)17(24)21-18-20-14-5-6-22(2)9-15(14)25-18/h10-13H,3-9H2,1-2H3,(H,19,23)(H,20,21,24). The van der Waals surface area contributed by atoms with E-state index < -0.39 is 11.8 Å². The zero-order valence-electron chi connectivity index (χ0n) is 14.9. The van der Waals surface area contributed by atoms with Crippen LogP contribution < -0.4 is 10.6 Å². The first kappa shape index (κ1) is 17.0. The molecule has 2 aliphatic carbocycles. The molecule has 2 N–H and O–H groups in total. The second kappa shape index (κ2) is 6.68. The molecule has 0 aromatic carbocycles. The normalized spacial score (nSPS) is 29.3. The van der Waals surface area contributed by atoms with Gasteiger partial charge >= 0.3 is 11.8 Å². The van der Waals surface area contributed by atoms with Gasteiger partial charge in [0, 0.05) is 30.4 Å². The minimum atomic E-state index is -0.602. The number of likely N-dealkylation sites (N-methyl/N-ethyl adjacent to an activating group) is 1. The third-order valence-electron chi connectivity index (χ3n) is 6.14. The molecule has 1 aromatic rings. The summed E-state index contributed by atoms with van der Waals surface area (Å²) in [5.74, 6) is 0.947. The van der Waals surface area contributed by atoms with Crippen molar-refractivity contribution in [2.24, 2.45) is 17.8 Å². The highest BCUT2D eigenvalue weighted by Crippen LogP contribution is 2.49. The number of carbonyl (C=O) groups is 2. The van der Waals surface area contributed by atoms with E-state index in [1.54, 1.807) is 0 Å². The number of hydrogen-bond acceptors (Lipinski definition) is 5. The van der Waals surface area contributed by atoms with Crippen LogP contribution in [0.3, 0.4) is 0 Å². The Hall–Kier alpha value is -1.47. The van der Waals surface area contributed by atoms with Gasteiger partial charge in [-0.3, -0.25) is 14.9 Å². The average molecular weight is 362 g/mol. The largest absolute Gasteiger partial charge is 0.345 e. The molecule has 136 valence electrons. The number of rotatable bonds is 3. The van der Waals surface area contributed by atoms with Crippen LogP contribution in [-0.2, 0) is 22.6 Å². The van der Waals surface area contributed by atoms with Gasteiger partial charge in [0.05, 0.1) is 5.69 Å². The van der Waals surface area contributed by atoms with Crippen molar-refractivity contribution >= 4 is 28.3 Å². The molecule has 0 spiro atoms. The zero-order valence-corrected chi connectivity index (χ0v) is 15.7. The number of thiazole rings is 1. The predicted molar refractivity (Wildman–Crippen MR) is 97.3 cm³/mol. The minimum absolute atomic E-state index is 0.0618. The van der Waals surface area contributed by atoms with Crippen molar-refractivity contribution < 1.29 is 9.59 Å². The van der Waals surface area contributed by atoms with Crippen molar-refractivity contribution in [3.8, 4) is 0 Å². The zero-order chi connectivity index (χ0) is 17.6. The van der Waals surface area contributed by atoms with Crippen molar-refractivity contribution in [1.29, 1.82) is 0 Å². The minimum Gasteiger partial charge on any atom is -0.345 e. The summed E-state index contributed by atoms with van der Waals surface area (Å²) in [6.45, 7) is 3.87. The van der Waals surface area contributed by atoms with Gasteiger partial charge in [0.1, 0.15) is 0 Å². The summed E-state index contributed by atoms with van der Waals surface area (Å²) in [4.78, 5) is 32.4. The molecule has 1 aromatic heterocycles. The van der Waals surface area contributed by atoms with Crippen LogP contribution in [-0.4, -0.2) is 41.3 Å². The fourth-order valence-corrected chi connectivity index (χ4v) is 5.90. The maximum atomic E-state index is 12.3. The number of nitrogens with zero attached hydrogens (tertiary/aromatic N) is 2. The van der Waals surface area contributed by atoms with Crippen LogP contribution in [0.25, 0.3) is 0 Å². The second-order valence-corrected chi connectivity index (χ2v) is 9.02. The topological polar surface area (TPSA) is 74.3 Å². The van der Waals surface area contributed by atoms with Gasteiger partial charge in [0.2, 0.25) is 0 Å². The molecule has 1 aliphatic heterocycles. The van der Waals surface area contributed by atoms with Gasteiger partial charge < -0.3 is 10.2 Å². The first-order valence-electron chi connectivity index (χ1n) is 9.28. The Labute approximate surface area is 152 Å². The molecule has 25 heavy (non-hydrogen) atoms. The van der Waals surface area contributed by atoms with Gasteiger partial charge in [-0.15, -0.1) is 11.3 Å². The van der Waals surface area contributed by atoms with E-state index in [4.69, 9.17) is 0 Å². The molecule has 0 radical (unpaired) electrons. The van der Waals surface area contributed by atoms with E-state index in [1.807, 2.05) is 6.92 Å². The number of fused-ring (bicyclic) bond motifs is 3. The molecule has 2 saturated carbocycles. The highest BCUT2D eigenvalue weighted by atomic mass is 32.1. The van der Waals surface area contributed by atoms with Crippen LogP contribution in [0.1, 0.15) is 43.2 Å². The Kier molecular flexibility index (Phi) is 4.54. The lowest BCUT2D eigenvalue weighted by Gasteiger charge is -2.28. The lowest BCUT2D eigenvalue weighted by molar-refractivity contribution is -0.136. The lowest BCUT2D eigenvalue weighted by Crippen LogP contribution is -2.45. The third kappa shape index (κ3) is 3.44. The third-order valence-corrected chi connectivity index (χ3v) is 7.14. The molecule has 2 fully saturated rings. The van der Waals surface area contributed by atoms with Crippen LogP contribution >= 0.6 is 11.3 Å². The van der Waals surface area contributed by atoms with Gasteiger partial charge in [0.25, 0.3) is 0 Å². The first-order valence-corrected chi connectivity index (χ1v) is 10.1. The van der Waals surface area contributed by atoms with E-state index in [2.05, 4.69) is 27.6 Å². The monoisotopic (exact) mass is 362 g/mol. The van der Waals surface area contributed by atoms with Crippen LogP contribution in [0.15, 0.2) is 0 Å². The van der Waals surface area contributed by atoms with Crippen LogP contribution in [0.2, 0.25) is 0 Å².